The molecule has 1 N–H and O–H groups in total. The molecule has 4 rings (SSSR count). The summed E-state index contributed by atoms with van der Waals surface area (Å²) >= 11 is 13.5. The SMILES string of the molecule is COCCN(C)Cc1ccc(Cl)cc1-c1ccc(C2=NOC(CNC(=O)c3ccc(Cl)s3)C2)cc1. The molecule has 35 heavy (non-hydrogen) atoms. The smallest absolute Gasteiger partial charge is 0.261 e. The number of likely N-dealkylation sites (N-methyl/N-ethyl adjacent to an activating group) is 1. The van der Waals surface area contributed by atoms with E-state index < -0.39 is 0 Å². The Morgan fingerprint density at radius 1 is 1.17 bits per heavy atom. The molecule has 1 atom stereocenters. The van der Waals surface area contributed by atoms with Gasteiger partial charge in [0, 0.05) is 31.6 Å². The van der Waals surface area contributed by atoms with E-state index in [1.807, 2.05) is 24.3 Å². The number of nitrogens with zero attached hydrogens (tertiary/aromatic N) is 2. The predicted octanol–water partition coefficient (Wildman–Crippen LogP) is 5.72. The number of hydrogen-bond donors (Lipinski definition) is 1. The van der Waals surface area contributed by atoms with Crippen molar-refractivity contribution in [3.63, 3.8) is 0 Å². The molecule has 0 aliphatic carbocycles. The second-order valence-corrected chi connectivity index (χ2v) is 10.5. The fourth-order valence-electron chi connectivity index (χ4n) is 3.85. The second kappa shape index (κ2) is 12.0. The molecular formula is C26H27Cl2N3O3S. The van der Waals surface area contributed by atoms with Crippen LogP contribution in [-0.2, 0) is 16.1 Å². The van der Waals surface area contributed by atoms with Gasteiger partial charge in [-0.3, -0.25) is 9.69 Å². The van der Waals surface area contributed by atoms with Crippen LogP contribution in [0.4, 0.5) is 0 Å². The highest BCUT2D eigenvalue weighted by Gasteiger charge is 2.23. The van der Waals surface area contributed by atoms with Crippen molar-refractivity contribution in [3.05, 3.63) is 80.0 Å². The molecule has 0 saturated carbocycles. The zero-order valence-electron chi connectivity index (χ0n) is 19.6. The van der Waals surface area contributed by atoms with Crippen molar-refractivity contribution >= 4 is 46.2 Å². The molecule has 1 aliphatic heterocycles. The minimum absolute atomic E-state index is 0.159. The van der Waals surface area contributed by atoms with Crippen LogP contribution in [0.2, 0.25) is 9.36 Å². The maximum absolute atomic E-state index is 12.2. The standard InChI is InChI=1S/C26H27Cl2N3O3S/c1-31(11-12-33-2)16-19-7-8-20(27)13-22(19)17-3-5-18(6-4-17)23-14-21(34-30-23)15-29-26(32)24-9-10-25(28)35-24/h3-10,13,21H,11-12,14-16H2,1-2H3,(H,29,32). The summed E-state index contributed by atoms with van der Waals surface area (Å²) in [5.41, 5.74) is 5.25. The van der Waals surface area contributed by atoms with Crippen molar-refractivity contribution in [1.82, 2.24) is 10.2 Å². The minimum atomic E-state index is -0.203. The minimum Gasteiger partial charge on any atom is -0.390 e. The molecule has 1 aromatic heterocycles. The Balaban J connectivity index is 1.38. The van der Waals surface area contributed by atoms with Crippen LogP contribution in [-0.4, -0.2) is 56.5 Å². The number of hydrogen-bond acceptors (Lipinski definition) is 6. The molecule has 3 aromatic rings. The first-order valence-electron chi connectivity index (χ1n) is 11.3. The molecule has 184 valence electrons. The first-order valence-corrected chi connectivity index (χ1v) is 12.8. The number of thiophene rings is 1. The maximum Gasteiger partial charge on any atom is 0.261 e. The normalized spacial score (nSPS) is 15.2. The van der Waals surface area contributed by atoms with Gasteiger partial charge in [-0.2, -0.15) is 0 Å². The molecule has 1 amide bonds. The van der Waals surface area contributed by atoms with Gasteiger partial charge in [0.15, 0.2) is 0 Å². The molecule has 2 heterocycles. The van der Waals surface area contributed by atoms with Crippen molar-refractivity contribution in [3.8, 4) is 11.1 Å². The van der Waals surface area contributed by atoms with E-state index >= 15 is 0 Å². The summed E-state index contributed by atoms with van der Waals surface area (Å²) in [5, 5.41) is 7.84. The third-order valence-corrected chi connectivity index (χ3v) is 7.20. The van der Waals surface area contributed by atoms with Crippen molar-refractivity contribution in [2.75, 3.05) is 33.9 Å². The van der Waals surface area contributed by atoms with E-state index in [0.717, 1.165) is 35.5 Å². The lowest BCUT2D eigenvalue weighted by molar-refractivity contribution is 0.0755. The van der Waals surface area contributed by atoms with Gasteiger partial charge in [0.1, 0.15) is 6.10 Å². The Kier molecular flexibility index (Phi) is 8.81. The molecule has 1 aliphatic rings. The van der Waals surface area contributed by atoms with Crippen molar-refractivity contribution < 1.29 is 14.4 Å². The number of halogens is 2. The van der Waals surface area contributed by atoms with Gasteiger partial charge >= 0.3 is 0 Å². The van der Waals surface area contributed by atoms with Crippen LogP contribution in [0.1, 0.15) is 27.2 Å². The first kappa shape index (κ1) is 25.7. The lowest BCUT2D eigenvalue weighted by Crippen LogP contribution is -2.31. The molecule has 0 fully saturated rings. The largest absolute Gasteiger partial charge is 0.390 e. The van der Waals surface area contributed by atoms with E-state index in [0.29, 0.717) is 33.8 Å². The van der Waals surface area contributed by atoms with Crippen molar-refractivity contribution in [2.24, 2.45) is 5.16 Å². The number of oxime groups is 1. The summed E-state index contributed by atoms with van der Waals surface area (Å²) in [7, 11) is 3.79. The number of carbonyl (C=O) groups excluding carboxylic acids is 1. The number of methoxy groups -OCH3 is 1. The first-order chi connectivity index (χ1) is 16.9. The van der Waals surface area contributed by atoms with E-state index in [2.05, 4.69) is 40.6 Å². The molecule has 0 bridgehead atoms. The molecule has 6 nitrogen and oxygen atoms in total. The Morgan fingerprint density at radius 3 is 2.66 bits per heavy atom. The van der Waals surface area contributed by atoms with Crippen molar-refractivity contribution in [2.45, 2.75) is 19.1 Å². The monoisotopic (exact) mass is 531 g/mol. The van der Waals surface area contributed by atoms with Gasteiger partial charge in [-0.25, -0.2) is 0 Å². The molecule has 0 saturated heterocycles. The molecule has 9 heteroatoms. The summed E-state index contributed by atoms with van der Waals surface area (Å²) in [5.74, 6) is -0.159. The van der Waals surface area contributed by atoms with Crippen LogP contribution < -0.4 is 5.32 Å². The second-order valence-electron chi connectivity index (χ2n) is 8.39. The van der Waals surface area contributed by atoms with Gasteiger partial charge < -0.3 is 14.9 Å². The highest BCUT2D eigenvalue weighted by Crippen LogP contribution is 2.29. The van der Waals surface area contributed by atoms with E-state index in [4.69, 9.17) is 32.8 Å². The summed E-state index contributed by atoms with van der Waals surface area (Å²) in [6.07, 6.45) is 0.420. The molecule has 1 unspecified atom stereocenters. The quantitative estimate of drug-likeness (QED) is 0.363. The van der Waals surface area contributed by atoms with Crippen LogP contribution in [0.25, 0.3) is 11.1 Å². The van der Waals surface area contributed by atoms with Gasteiger partial charge in [0.25, 0.3) is 5.91 Å². The highest BCUT2D eigenvalue weighted by atomic mass is 35.5. The Bertz CT molecular complexity index is 1200. The third kappa shape index (κ3) is 6.84. The summed E-state index contributed by atoms with van der Waals surface area (Å²) in [6, 6.07) is 17.7. The summed E-state index contributed by atoms with van der Waals surface area (Å²) in [6.45, 7) is 2.70. The van der Waals surface area contributed by atoms with Gasteiger partial charge in [0.05, 0.1) is 28.1 Å². The highest BCUT2D eigenvalue weighted by molar-refractivity contribution is 7.18. The lowest BCUT2D eigenvalue weighted by atomic mass is 9.96. The topological polar surface area (TPSA) is 63.2 Å². The average Bonchev–Trinajstić information content (AvgIpc) is 3.52. The Hall–Kier alpha value is -2.42. The average molecular weight is 532 g/mol. The van der Waals surface area contributed by atoms with Crippen LogP contribution in [0.3, 0.4) is 0 Å². The fourth-order valence-corrected chi connectivity index (χ4v) is 4.98. The number of amides is 1. The summed E-state index contributed by atoms with van der Waals surface area (Å²) < 4.78 is 5.78. The number of carbonyl (C=O) groups is 1. The van der Waals surface area contributed by atoms with E-state index in [9.17, 15) is 4.79 Å². The van der Waals surface area contributed by atoms with Gasteiger partial charge in [-0.05, 0) is 53.6 Å². The Morgan fingerprint density at radius 2 is 1.94 bits per heavy atom. The van der Waals surface area contributed by atoms with E-state index in [1.165, 1.54) is 16.9 Å². The number of benzene rings is 2. The number of ether oxygens (including phenoxy) is 1. The van der Waals surface area contributed by atoms with Gasteiger partial charge in [0.2, 0.25) is 0 Å². The fraction of sp³-hybridized carbons (Fsp3) is 0.308. The Labute approximate surface area is 219 Å². The predicted molar refractivity (Wildman–Crippen MR) is 143 cm³/mol. The van der Waals surface area contributed by atoms with Gasteiger partial charge in [-0.15, -0.1) is 11.3 Å². The van der Waals surface area contributed by atoms with Crippen LogP contribution >= 0.6 is 34.5 Å². The zero-order valence-corrected chi connectivity index (χ0v) is 21.9. The lowest BCUT2D eigenvalue weighted by Gasteiger charge is -2.19. The van der Waals surface area contributed by atoms with E-state index in [-0.39, 0.29) is 12.0 Å². The van der Waals surface area contributed by atoms with Gasteiger partial charge in [-0.1, -0.05) is 58.7 Å². The van der Waals surface area contributed by atoms with Crippen LogP contribution in [0, 0.1) is 0 Å². The summed E-state index contributed by atoms with van der Waals surface area (Å²) in [4.78, 5) is 20.6. The number of nitrogens with one attached hydrogen (secondary N) is 1. The van der Waals surface area contributed by atoms with Crippen LogP contribution in [0.15, 0.2) is 59.8 Å². The maximum atomic E-state index is 12.2. The van der Waals surface area contributed by atoms with Crippen LogP contribution in [0.5, 0.6) is 0 Å². The molecular weight excluding hydrogens is 505 g/mol. The molecule has 2 aromatic carbocycles. The molecule has 0 radical (unpaired) electrons. The molecule has 0 spiro atoms. The zero-order chi connectivity index (χ0) is 24.8. The van der Waals surface area contributed by atoms with E-state index in [1.54, 1.807) is 19.2 Å². The van der Waals surface area contributed by atoms with Crippen molar-refractivity contribution in [1.29, 1.82) is 0 Å². The number of rotatable bonds is 10. The third-order valence-electron chi connectivity index (χ3n) is 5.74.